The zero-order valence-corrected chi connectivity index (χ0v) is 12.6. The number of carbonyl (C=O) groups is 1. The second-order valence-electron chi connectivity index (χ2n) is 5.66. The summed E-state index contributed by atoms with van der Waals surface area (Å²) >= 11 is 0. The first-order valence-corrected chi connectivity index (χ1v) is 7.70. The highest BCUT2D eigenvalue weighted by molar-refractivity contribution is 5.75. The van der Waals surface area contributed by atoms with Crippen LogP contribution >= 0.6 is 0 Å². The molecule has 0 spiro atoms. The average Bonchev–Trinajstić information content (AvgIpc) is 2.55. The quantitative estimate of drug-likeness (QED) is 0.486. The lowest BCUT2D eigenvalue weighted by molar-refractivity contribution is -0.384. The number of nitrogens with zero attached hydrogens (tertiary/aromatic N) is 2. The van der Waals surface area contributed by atoms with Crippen molar-refractivity contribution in [3.63, 3.8) is 0 Å². The van der Waals surface area contributed by atoms with Gasteiger partial charge in [-0.3, -0.25) is 15.0 Å². The second-order valence-corrected chi connectivity index (χ2v) is 5.66. The Kier molecular flexibility index (Phi) is 4.58. The first kappa shape index (κ1) is 15.5. The largest absolute Gasteiger partial charge is 0.353 e. The Bertz CT molecular complexity index is 572. The van der Waals surface area contributed by atoms with Crippen molar-refractivity contribution in [1.29, 1.82) is 0 Å². The topological polar surface area (TPSA) is 112 Å². The van der Waals surface area contributed by atoms with Crippen LogP contribution in [-0.2, 0) is 0 Å². The lowest BCUT2D eigenvalue weighted by atomic mass is 10.1. The Balaban J connectivity index is 1.62. The van der Waals surface area contributed by atoms with Crippen molar-refractivity contribution in [2.45, 2.75) is 31.8 Å². The third-order valence-corrected chi connectivity index (χ3v) is 4.01. The van der Waals surface area contributed by atoms with Gasteiger partial charge in [-0.15, -0.1) is 0 Å². The summed E-state index contributed by atoms with van der Waals surface area (Å²) in [6.45, 7) is 1.89. The fourth-order valence-electron chi connectivity index (χ4n) is 2.84. The van der Waals surface area contributed by atoms with Crippen LogP contribution in [0.1, 0.15) is 19.3 Å². The van der Waals surface area contributed by atoms with Gasteiger partial charge in [0.15, 0.2) is 6.29 Å². The molecule has 3 rings (SSSR count). The average molecular weight is 320 g/mol. The minimum Gasteiger partial charge on any atom is -0.353 e. The summed E-state index contributed by atoms with van der Waals surface area (Å²) in [7, 11) is 0. The third kappa shape index (κ3) is 3.88. The number of non-ortho nitro benzene ring substituents is 1. The summed E-state index contributed by atoms with van der Waals surface area (Å²) in [5, 5.41) is 22.7. The molecule has 2 heterocycles. The van der Waals surface area contributed by atoms with E-state index in [1.54, 1.807) is 12.1 Å². The highest BCUT2D eigenvalue weighted by Crippen LogP contribution is 2.16. The van der Waals surface area contributed by atoms with Gasteiger partial charge in [0.05, 0.1) is 4.92 Å². The van der Waals surface area contributed by atoms with Gasteiger partial charge in [-0.1, -0.05) is 6.42 Å². The van der Waals surface area contributed by atoms with Gasteiger partial charge in [-0.05, 0) is 25.0 Å². The molecule has 2 fully saturated rings. The summed E-state index contributed by atoms with van der Waals surface area (Å²) in [6, 6.07) is 5.83. The first-order chi connectivity index (χ1) is 11.1. The van der Waals surface area contributed by atoms with Crippen molar-refractivity contribution in [3.8, 4) is 0 Å². The molecule has 0 saturated carbocycles. The number of nitro groups is 1. The molecule has 124 valence electrons. The molecule has 4 N–H and O–H groups in total. The van der Waals surface area contributed by atoms with Crippen LogP contribution in [-0.4, -0.2) is 41.5 Å². The van der Waals surface area contributed by atoms with E-state index in [0.717, 1.165) is 25.9 Å². The molecule has 1 aromatic rings. The maximum absolute atomic E-state index is 11.8. The fraction of sp³-hybridized carbons (Fsp3) is 0.500. The van der Waals surface area contributed by atoms with Gasteiger partial charge in [-0.25, -0.2) is 10.1 Å². The van der Waals surface area contributed by atoms with E-state index in [4.69, 9.17) is 0 Å². The Morgan fingerprint density at radius 3 is 2.48 bits per heavy atom. The number of likely N-dealkylation sites (tertiary alicyclic amines) is 1. The lowest BCUT2D eigenvalue weighted by Crippen LogP contribution is -2.72. The normalized spacial score (nSPS) is 25.3. The molecule has 0 radical (unpaired) electrons. The molecule has 0 bridgehead atoms. The van der Waals surface area contributed by atoms with E-state index < -0.39 is 11.2 Å². The molecule has 0 aromatic heterocycles. The van der Waals surface area contributed by atoms with Crippen LogP contribution in [0.25, 0.3) is 0 Å². The van der Waals surface area contributed by atoms with Crippen molar-refractivity contribution in [2.75, 3.05) is 18.4 Å². The zero-order valence-electron chi connectivity index (χ0n) is 12.6. The van der Waals surface area contributed by atoms with Gasteiger partial charge in [0.2, 0.25) is 0 Å². The fourth-order valence-corrected chi connectivity index (χ4v) is 2.84. The number of nitro benzene ring substituents is 1. The highest BCUT2D eigenvalue weighted by Gasteiger charge is 2.29. The second kappa shape index (κ2) is 6.80. The third-order valence-electron chi connectivity index (χ3n) is 4.01. The molecular weight excluding hydrogens is 300 g/mol. The van der Waals surface area contributed by atoms with E-state index in [9.17, 15) is 14.9 Å². The van der Waals surface area contributed by atoms with Crippen molar-refractivity contribution >= 4 is 17.4 Å². The number of hydrogen-bond acceptors (Lipinski definition) is 6. The number of hydrogen-bond donors (Lipinski definition) is 4. The standard InChI is InChI=1S/C14H20N6O3/c21-14-17-12(15-10-4-6-11(7-5-10)20(22)23)16-13(18-14)19-8-2-1-3-9-19/h4-7,12-13,15-16H,1-3,8-9H2,(H2,17,18,21). The number of amides is 2. The smallest absolute Gasteiger partial charge is 0.319 e. The van der Waals surface area contributed by atoms with E-state index in [1.165, 1.54) is 18.6 Å². The molecule has 2 aliphatic heterocycles. The number of carbonyl (C=O) groups excluding carboxylic acids is 1. The Labute approximate surface area is 133 Å². The lowest BCUT2D eigenvalue weighted by Gasteiger charge is -2.41. The summed E-state index contributed by atoms with van der Waals surface area (Å²) in [4.78, 5) is 24.3. The van der Waals surface area contributed by atoms with Gasteiger partial charge >= 0.3 is 6.03 Å². The van der Waals surface area contributed by atoms with Gasteiger partial charge in [0.25, 0.3) is 5.69 Å². The van der Waals surface area contributed by atoms with E-state index in [0.29, 0.717) is 5.69 Å². The first-order valence-electron chi connectivity index (χ1n) is 7.70. The summed E-state index contributed by atoms with van der Waals surface area (Å²) in [6.07, 6.45) is 2.81. The minimum atomic E-state index is -0.447. The molecule has 2 unspecified atom stereocenters. The van der Waals surface area contributed by atoms with E-state index >= 15 is 0 Å². The zero-order chi connectivity index (χ0) is 16.2. The molecule has 2 amide bonds. The monoisotopic (exact) mass is 320 g/mol. The van der Waals surface area contributed by atoms with E-state index in [1.807, 2.05) is 0 Å². The van der Waals surface area contributed by atoms with Gasteiger partial charge < -0.3 is 16.0 Å². The summed E-state index contributed by atoms with van der Waals surface area (Å²) in [5.41, 5.74) is 0.719. The van der Waals surface area contributed by atoms with Crippen molar-refractivity contribution in [1.82, 2.24) is 20.9 Å². The van der Waals surface area contributed by atoms with Crippen LogP contribution in [0.3, 0.4) is 0 Å². The Morgan fingerprint density at radius 2 is 1.83 bits per heavy atom. The number of piperidine rings is 1. The van der Waals surface area contributed by atoms with Crippen LogP contribution in [0.4, 0.5) is 16.2 Å². The van der Waals surface area contributed by atoms with Crippen LogP contribution in [0, 0.1) is 10.1 Å². The maximum atomic E-state index is 11.8. The molecule has 2 aliphatic rings. The Hall–Kier alpha value is -2.39. The van der Waals surface area contributed by atoms with Crippen molar-refractivity contribution in [2.24, 2.45) is 0 Å². The van der Waals surface area contributed by atoms with Crippen molar-refractivity contribution in [3.05, 3.63) is 34.4 Å². The molecular formula is C14H20N6O3. The maximum Gasteiger partial charge on any atom is 0.319 e. The van der Waals surface area contributed by atoms with Gasteiger partial charge in [0, 0.05) is 30.9 Å². The predicted octanol–water partition coefficient (Wildman–Crippen LogP) is 0.962. The number of urea groups is 1. The SMILES string of the molecule is O=C1NC(Nc2ccc([N+](=O)[O-])cc2)NC(N2CCCCC2)N1. The van der Waals surface area contributed by atoms with Gasteiger partial charge in [0.1, 0.15) is 6.29 Å². The van der Waals surface area contributed by atoms with Crippen LogP contribution in [0.15, 0.2) is 24.3 Å². The van der Waals surface area contributed by atoms with E-state index in [2.05, 4.69) is 26.2 Å². The molecule has 23 heavy (non-hydrogen) atoms. The highest BCUT2D eigenvalue weighted by atomic mass is 16.6. The van der Waals surface area contributed by atoms with Gasteiger partial charge in [-0.2, -0.15) is 0 Å². The molecule has 0 aliphatic carbocycles. The summed E-state index contributed by atoms with van der Waals surface area (Å²) in [5.74, 6) is 0. The predicted molar refractivity (Wildman–Crippen MR) is 84.5 cm³/mol. The molecule has 2 saturated heterocycles. The van der Waals surface area contributed by atoms with E-state index in [-0.39, 0.29) is 18.0 Å². The molecule has 2 atom stereocenters. The number of benzene rings is 1. The van der Waals surface area contributed by atoms with Crippen LogP contribution < -0.4 is 21.3 Å². The van der Waals surface area contributed by atoms with Crippen LogP contribution in [0.5, 0.6) is 0 Å². The van der Waals surface area contributed by atoms with Crippen LogP contribution in [0.2, 0.25) is 0 Å². The summed E-state index contributed by atoms with van der Waals surface area (Å²) < 4.78 is 0. The molecule has 9 nitrogen and oxygen atoms in total. The number of anilines is 1. The van der Waals surface area contributed by atoms with Crippen molar-refractivity contribution < 1.29 is 9.72 Å². The molecule has 1 aromatic carbocycles. The minimum absolute atomic E-state index is 0.0315. The number of rotatable bonds is 4. The molecule has 9 heteroatoms. The Morgan fingerprint density at radius 1 is 1.13 bits per heavy atom. The number of nitrogens with one attached hydrogen (secondary N) is 4.